The van der Waals surface area contributed by atoms with E-state index in [0.29, 0.717) is 34.7 Å². The van der Waals surface area contributed by atoms with Gasteiger partial charge in [0.2, 0.25) is 0 Å². The van der Waals surface area contributed by atoms with Gasteiger partial charge in [0.05, 0.1) is 24.7 Å². The molecule has 0 amide bonds. The first kappa shape index (κ1) is 17.7. The van der Waals surface area contributed by atoms with Crippen molar-refractivity contribution in [2.24, 2.45) is 0 Å². The molecule has 4 rings (SSSR count). The molecule has 0 saturated heterocycles. The lowest BCUT2D eigenvalue weighted by Crippen LogP contribution is -2.39. The van der Waals surface area contributed by atoms with Crippen LogP contribution in [-0.4, -0.2) is 23.0 Å². The molecular formula is C20H16F2N2O2S. The highest BCUT2D eigenvalue weighted by Crippen LogP contribution is 2.45. The molecule has 0 N–H and O–H groups in total. The van der Waals surface area contributed by atoms with Gasteiger partial charge in [-0.05, 0) is 36.2 Å². The zero-order chi connectivity index (χ0) is 19.2. The minimum absolute atomic E-state index is 0.330. The first-order chi connectivity index (χ1) is 12.9. The number of hydrogen-bond acceptors (Lipinski definition) is 5. The molecule has 1 aliphatic rings. The van der Waals surface area contributed by atoms with Crippen LogP contribution in [0.2, 0.25) is 0 Å². The number of ether oxygens (including phenoxy) is 1. The molecule has 0 unspecified atom stereocenters. The van der Waals surface area contributed by atoms with Crippen molar-refractivity contribution in [1.82, 2.24) is 9.97 Å². The van der Waals surface area contributed by atoms with Crippen LogP contribution >= 0.6 is 11.3 Å². The molecule has 0 bridgehead atoms. The fraction of sp³-hybridized carbons (Fsp3) is 0.250. The van der Waals surface area contributed by atoms with E-state index < -0.39 is 17.2 Å². The highest BCUT2D eigenvalue weighted by molar-refractivity contribution is 7.15. The second-order valence-electron chi connectivity index (χ2n) is 6.59. The highest BCUT2D eigenvalue weighted by atomic mass is 32.1. The molecule has 3 aromatic rings. The summed E-state index contributed by atoms with van der Waals surface area (Å²) in [7, 11) is 1.34. The van der Waals surface area contributed by atoms with E-state index in [1.54, 1.807) is 25.1 Å². The van der Waals surface area contributed by atoms with Crippen molar-refractivity contribution in [3.05, 3.63) is 69.9 Å². The van der Waals surface area contributed by atoms with E-state index >= 15 is 0 Å². The van der Waals surface area contributed by atoms with Crippen molar-refractivity contribution in [1.29, 1.82) is 0 Å². The minimum Gasteiger partial charge on any atom is -0.468 e. The molecule has 0 spiro atoms. The van der Waals surface area contributed by atoms with E-state index in [1.807, 2.05) is 0 Å². The van der Waals surface area contributed by atoms with Crippen molar-refractivity contribution < 1.29 is 18.3 Å². The average Bonchev–Trinajstić information content (AvgIpc) is 3.21. The van der Waals surface area contributed by atoms with Crippen molar-refractivity contribution in [3.63, 3.8) is 0 Å². The van der Waals surface area contributed by atoms with Crippen molar-refractivity contribution >= 4 is 17.3 Å². The van der Waals surface area contributed by atoms with Crippen LogP contribution in [0.25, 0.3) is 10.7 Å². The van der Waals surface area contributed by atoms with Gasteiger partial charge >= 0.3 is 5.97 Å². The number of esters is 1. The van der Waals surface area contributed by atoms with Crippen LogP contribution in [0.15, 0.2) is 36.5 Å². The number of halogens is 2. The number of nitrogens with zero attached hydrogens (tertiary/aromatic N) is 2. The molecule has 0 saturated carbocycles. The van der Waals surface area contributed by atoms with Gasteiger partial charge in [-0.3, -0.25) is 9.78 Å². The molecule has 0 radical (unpaired) electrons. The molecule has 0 aliphatic heterocycles. The highest BCUT2D eigenvalue weighted by Gasteiger charge is 2.49. The second-order valence-corrected chi connectivity index (χ2v) is 7.67. The van der Waals surface area contributed by atoms with Crippen molar-refractivity contribution in [2.75, 3.05) is 7.11 Å². The number of aromatic nitrogens is 2. The van der Waals surface area contributed by atoms with Crippen LogP contribution in [-0.2, 0) is 27.8 Å². The predicted octanol–water partition coefficient (Wildman–Crippen LogP) is 4.00. The van der Waals surface area contributed by atoms with Crippen LogP contribution in [0.3, 0.4) is 0 Å². The monoisotopic (exact) mass is 386 g/mol. The van der Waals surface area contributed by atoms with Gasteiger partial charge in [-0.2, -0.15) is 0 Å². The number of rotatable bonds is 3. The Bertz CT molecular complexity index is 1010. The van der Waals surface area contributed by atoms with Gasteiger partial charge in [-0.1, -0.05) is 12.1 Å². The van der Waals surface area contributed by atoms with Gasteiger partial charge in [0.15, 0.2) is 0 Å². The molecule has 7 heteroatoms. The number of carbonyl (C=O) groups excluding carboxylic acids is 1. The maximum absolute atomic E-state index is 14.1. The molecule has 4 nitrogen and oxygen atoms in total. The van der Waals surface area contributed by atoms with Crippen molar-refractivity contribution in [2.45, 2.75) is 25.2 Å². The Kier molecular flexibility index (Phi) is 4.26. The first-order valence-electron chi connectivity index (χ1n) is 8.39. The Morgan fingerprint density at radius 3 is 2.70 bits per heavy atom. The standard InChI is InChI=1S/C20H16F2N2O2S/c1-11-13(4-3-5-14(11)22)20(19(25)26-2)8-16-17(9-20)27-18(24-16)15-7-6-12(21)10-23-15/h3-7,10H,8-9H2,1-2H3/t20-/m1/s1. The number of thiazole rings is 1. The van der Waals surface area contributed by atoms with Gasteiger partial charge in [0, 0.05) is 17.7 Å². The number of benzene rings is 1. The molecule has 1 atom stereocenters. The second kappa shape index (κ2) is 6.49. The number of methoxy groups -OCH3 is 1. The molecule has 1 aromatic carbocycles. The summed E-state index contributed by atoms with van der Waals surface area (Å²) in [4.78, 5) is 22.3. The zero-order valence-electron chi connectivity index (χ0n) is 14.8. The number of fused-ring (bicyclic) bond motifs is 1. The van der Waals surface area contributed by atoms with Crippen LogP contribution in [0.5, 0.6) is 0 Å². The summed E-state index contributed by atoms with van der Waals surface area (Å²) in [5, 5.41) is 0.675. The first-order valence-corrected chi connectivity index (χ1v) is 9.21. The lowest BCUT2D eigenvalue weighted by atomic mass is 9.76. The summed E-state index contributed by atoms with van der Waals surface area (Å²) in [6, 6.07) is 7.67. The Hall–Kier alpha value is -2.67. The molecule has 138 valence electrons. The summed E-state index contributed by atoms with van der Waals surface area (Å²) >= 11 is 1.42. The topological polar surface area (TPSA) is 52.1 Å². The van der Waals surface area contributed by atoms with Gasteiger partial charge in [-0.15, -0.1) is 11.3 Å². The Morgan fingerprint density at radius 1 is 1.22 bits per heavy atom. The molecule has 27 heavy (non-hydrogen) atoms. The number of pyridine rings is 1. The summed E-state index contributed by atoms with van der Waals surface area (Å²) < 4.78 is 32.3. The molecule has 2 aromatic heterocycles. The third-order valence-electron chi connectivity index (χ3n) is 5.02. The van der Waals surface area contributed by atoms with Crippen LogP contribution in [0, 0.1) is 18.6 Å². The van der Waals surface area contributed by atoms with Crippen LogP contribution in [0.1, 0.15) is 21.7 Å². The maximum atomic E-state index is 14.1. The predicted molar refractivity (Wildman–Crippen MR) is 97.5 cm³/mol. The Balaban J connectivity index is 1.75. The molecule has 2 heterocycles. The van der Waals surface area contributed by atoms with Crippen LogP contribution < -0.4 is 0 Å². The van der Waals surface area contributed by atoms with Gasteiger partial charge in [-0.25, -0.2) is 13.8 Å². The summed E-state index contributed by atoms with van der Waals surface area (Å²) in [5.41, 5.74) is 1.44. The van der Waals surface area contributed by atoms with E-state index in [4.69, 9.17) is 4.74 Å². The lowest BCUT2D eigenvalue weighted by molar-refractivity contribution is -0.147. The van der Waals surface area contributed by atoms with E-state index in [0.717, 1.165) is 16.8 Å². The smallest absolute Gasteiger partial charge is 0.317 e. The Morgan fingerprint density at radius 2 is 2.04 bits per heavy atom. The summed E-state index contributed by atoms with van der Waals surface area (Å²) in [6.45, 7) is 1.67. The SMILES string of the molecule is COC(=O)[C@]1(c2cccc(F)c2C)Cc2nc(-c3ccc(F)cn3)sc2C1. The van der Waals surface area contributed by atoms with E-state index in [2.05, 4.69) is 9.97 Å². The molecule has 1 aliphatic carbocycles. The minimum atomic E-state index is -0.982. The largest absolute Gasteiger partial charge is 0.468 e. The molecule has 0 fully saturated rings. The molecular weight excluding hydrogens is 370 g/mol. The summed E-state index contributed by atoms with van der Waals surface area (Å²) in [5.74, 6) is -1.16. The lowest BCUT2D eigenvalue weighted by Gasteiger charge is -2.28. The van der Waals surface area contributed by atoms with Gasteiger partial charge in [0.25, 0.3) is 0 Å². The fourth-order valence-corrected chi connectivity index (χ4v) is 4.83. The van der Waals surface area contributed by atoms with E-state index in [1.165, 1.54) is 30.6 Å². The quantitative estimate of drug-likeness (QED) is 0.639. The number of hydrogen-bond donors (Lipinski definition) is 0. The van der Waals surface area contributed by atoms with E-state index in [-0.39, 0.29) is 5.82 Å². The van der Waals surface area contributed by atoms with E-state index in [9.17, 15) is 13.6 Å². The fourth-order valence-electron chi connectivity index (χ4n) is 3.66. The third kappa shape index (κ3) is 2.82. The normalized spacial score (nSPS) is 18.4. The van der Waals surface area contributed by atoms with Gasteiger partial charge < -0.3 is 4.74 Å². The summed E-state index contributed by atoms with van der Waals surface area (Å²) in [6.07, 6.45) is 1.87. The zero-order valence-corrected chi connectivity index (χ0v) is 15.6. The number of carbonyl (C=O) groups is 1. The third-order valence-corrected chi connectivity index (χ3v) is 6.14. The Labute approximate surface area is 158 Å². The average molecular weight is 386 g/mol. The van der Waals surface area contributed by atoms with Gasteiger partial charge in [0.1, 0.15) is 22.1 Å². The van der Waals surface area contributed by atoms with Crippen LogP contribution in [0.4, 0.5) is 8.78 Å². The maximum Gasteiger partial charge on any atom is 0.317 e. The van der Waals surface area contributed by atoms with Crippen molar-refractivity contribution in [3.8, 4) is 10.7 Å².